The lowest BCUT2D eigenvalue weighted by Gasteiger charge is -2.55. The largest absolute Gasteiger partial charge is 0.335 e. The fourth-order valence-electron chi connectivity index (χ4n) is 5.42. The van der Waals surface area contributed by atoms with Crippen molar-refractivity contribution in [2.75, 3.05) is 32.7 Å². The zero-order chi connectivity index (χ0) is 21.8. The maximum Gasteiger partial charge on any atom is 0.317 e. The summed E-state index contributed by atoms with van der Waals surface area (Å²) in [7, 11) is 0. The van der Waals surface area contributed by atoms with Crippen molar-refractivity contribution in [3.63, 3.8) is 0 Å². The molecule has 7 nitrogen and oxygen atoms in total. The van der Waals surface area contributed by atoms with Crippen LogP contribution in [0, 0.1) is 0 Å². The lowest BCUT2D eigenvalue weighted by atomic mass is 9.93. The van der Waals surface area contributed by atoms with Gasteiger partial charge in [0.15, 0.2) is 0 Å². The highest BCUT2D eigenvalue weighted by Crippen LogP contribution is 2.28. The van der Waals surface area contributed by atoms with E-state index < -0.39 is 0 Å². The molecular formula is C24H37N5O2. The number of rotatable bonds is 3. The van der Waals surface area contributed by atoms with Gasteiger partial charge in [-0.3, -0.25) is 4.90 Å². The molecule has 3 aliphatic rings. The molecule has 1 aromatic carbocycles. The number of nitrogens with zero attached hydrogens (tertiary/aromatic N) is 3. The molecule has 4 rings (SSSR count). The zero-order valence-corrected chi connectivity index (χ0v) is 19.0. The van der Waals surface area contributed by atoms with Crippen molar-refractivity contribution in [2.45, 2.75) is 70.1 Å². The Morgan fingerprint density at radius 2 is 1.68 bits per heavy atom. The molecule has 0 bridgehead atoms. The highest BCUT2D eigenvalue weighted by molar-refractivity contribution is 5.75. The Kier molecular flexibility index (Phi) is 6.70. The van der Waals surface area contributed by atoms with Gasteiger partial charge in [-0.15, -0.1) is 0 Å². The van der Waals surface area contributed by atoms with Crippen LogP contribution in [0.3, 0.4) is 0 Å². The molecule has 2 N–H and O–H groups in total. The number of carbonyl (C=O) groups is 2. The van der Waals surface area contributed by atoms with Gasteiger partial charge in [-0.2, -0.15) is 0 Å². The molecule has 4 amide bonds. The first kappa shape index (κ1) is 21.9. The third kappa shape index (κ3) is 5.32. The van der Waals surface area contributed by atoms with E-state index in [1.165, 1.54) is 19.3 Å². The van der Waals surface area contributed by atoms with E-state index in [0.29, 0.717) is 32.2 Å². The monoisotopic (exact) mass is 427 g/mol. The smallest absolute Gasteiger partial charge is 0.317 e. The predicted molar refractivity (Wildman–Crippen MR) is 122 cm³/mol. The molecule has 1 saturated carbocycles. The Labute approximate surface area is 186 Å². The summed E-state index contributed by atoms with van der Waals surface area (Å²) in [4.78, 5) is 32.2. The Morgan fingerprint density at radius 3 is 2.42 bits per heavy atom. The van der Waals surface area contributed by atoms with Crippen LogP contribution in [0.15, 0.2) is 30.3 Å². The Balaban J connectivity index is 1.35. The molecule has 0 unspecified atom stereocenters. The highest BCUT2D eigenvalue weighted by Gasteiger charge is 2.44. The molecule has 2 heterocycles. The summed E-state index contributed by atoms with van der Waals surface area (Å²) in [5.74, 6) is 0. The number of benzene rings is 1. The minimum absolute atomic E-state index is 0.0274. The van der Waals surface area contributed by atoms with Gasteiger partial charge in [-0.25, -0.2) is 9.59 Å². The molecule has 0 radical (unpaired) electrons. The lowest BCUT2D eigenvalue weighted by molar-refractivity contribution is -0.0439. The van der Waals surface area contributed by atoms with Crippen LogP contribution in [-0.2, 0) is 6.54 Å². The standard InChI is InChI=1S/C24H37N5O2/c1-24(2)18-28(22(30)25-15-19-9-5-3-6-10-19)17-21-16-27(13-14-29(21)24)23(31)26-20-11-7-4-8-12-20/h3,5-6,9-10,20-21H,4,7-8,11-18H2,1-2H3,(H,25,30)(H,26,31)/t21-/m0/s1. The van der Waals surface area contributed by atoms with Gasteiger partial charge in [0, 0.05) is 56.9 Å². The second-order valence-corrected chi connectivity index (χ2v) is 9.91. The summed E-state index contributed by atoms with van der Waals surface area (Å²) in [6, 6.07) is 10.5. The van der Waals surface area contributed by atoms with Gasteiger partial charge in [0.1, 0.15) is 0 Å². The number of fused-ring (bicyclic) bond motifs is 1. The highest BCUT2D eigenvalue weighted by atomic mass is 16.2. The first-order valence-corrected chi connectivity index (χ1v) is 11.8. The van der Waals surface area contributed by atoms with Crippen molar-refractivity contribution in [3.8, 4) is 0 Å². The minimum atomic E-state index is -0.112. The quantitative estimate of drug-likeness (QED) is 0.779. The van der Waals surface area contributed by atoms with E-state index in [9.17, 15) is 9.59 Å². The maximum absolute atomic E-state index is 12.9. The number of nitrogens with one attached hydrogen (secondary N) is 2. The van der Waals surface area contributed by atoms with Crippen molar-refractivity contribution < 1.29 is 9.59 Å². The van der Waals surface area contributed by atoms with E-state index in [1.807, 2.05) is 40.1 Å². The van der Waals surface area contributed by atoms with Crippen LogP contribution in [0.1, 0.15) is 51.5 Å². The SMILES string of the molecule is CC1(C)CN(C(=O)NCc2ccccc2)C[C@@H]2CN(C(=O)NC3CCCCC3)CCN21. The molecular weight excluding hydrogens is 390 g/mol. The van der Waals surface area contributed by atoms with Crippen molar-refractivity contribution in [1.29, 1.82) is 0 Å². The number of amides is 4. The normalized spacial score (nSPS) is 24.4. The van der Waals surface area contributed by atoms with Gasteiger partial charge >= 0.3 is 12.1 Å². The van der Waals surface area contributed by atoms with E-state index in [2.05, 4.69) is 29.4 Å². The average Bonchev–Trinajstić information content (AvgIpc) is 2.78. The lowest BCUT2D eigenvalue weighted by Crippen LogP contribution is -2.71. The van der Waals surface area contributed by atoms with Crippen LogP contribution in [0.5, 0.6) is 0 Å². The van der Waals surface area contributed by atoms with E-state index in [-0.39, 0.29) is 23.6 Å². The van der Waals surface area contributed by atoms with Crippen molar-refractivity contribution in [1.82, 2.24) is 25.3 Å². The molecule has 3 fully saturated rings. The molecule has 170 valence electrons. The molecule has 1 atom stereocenters. The molecule has 0 aromatic heterocycles. The first-order valence-electron chi connectivity index (χ1n) is 11.8. The van der Waals surface area contributed by atoms with Crippen LogP contribution < -0.4 is 10.6 Å². The Morgan fingerprint density at radius 1 is 0.968 bits per heavy atom. The number of urea groups is 2. The zero-order valence-electron chi connectivity index (χ0n) is 19.0. The molecule has 1 aliphatic carbocycles. The van der Waals surface area contributed by atoms with Crippen LogP contribution in [0.4, 0.5) is 9.59 Å². The van der Waals surface area contributed by atoms with Crippen LogP contribution in [-0.4, -0.2) is 77.1 Å². The summed E-state index contributed by atoms with van der Waals surface area (Å²) in [5, 5.41) is 6.32. The van der Waals surface area contributed by atoms with Gasteiger partial charge in [-0.05, 0) is 32.3 Å². The summed E-state index contributed by atoms with van der Waals surface area (Å²) >= 11 is 0. The summed E-state index contributed by atoms with van der Waals surface area (Å²) in [5.41, 5.74) is 0.982. The molecule has 2 aliphatic heterocycles. The summed E-state index contributed by atoms with van der Waals surface area (Å²) in [6.45, 7) is 8.55. The maximum atomic E-state index is 12.9. The van der Waals surface area contributed by atoms with E-state index in [0.717, 1.165) is 31.5 Å². The average molecular weight is 428 g/mol. The third-order valence-corrected chi connectivity index (χ3v) is 7.06. The van der Waals surface area contributed by atoms with E-state index in [1.54, 1.807) is 0 Å². The summed E-state index contributed by atoms with van der Waals surface area (Å²) in [6.07, 6.45) is 5.89. The number of hydrogen-bond acceptors (Lipinski definition) is 3. The third-order valence-electron chi connectivity index (χ3n) is 7.06. The van der Waals surface area contributed by atoms with Crippen molar-refractivity contribution >= 4 is 12.1 Å². The van der Waals surface area contributed by atoms with Gasteiger partial charge in [0.2, 0.25) is 0 Å². The Hall–Kier alpha value is -2.28. The van der Waals surface area contributed by atoms with Crippen LogP contribution in [0.2, 0.25) is 0 Å². The number of hydrogen-bond donors (Lipinski definition) is 2. The number of carbonyl (C=O) groups excluding carboxylic acids is 2. The van der Waals surface area contributed by atoms with E-state index in [4.69, 9.17) is 0 Å². The molecule has 2 saturated heterocycles. The topological polar surface area (TPSA) is 67.9 Å². The van der Waals surface area contributed by atoms with Gasteiger partial charge in [0.25, 0.3) is 0 Å². The number of piperazine rings is 2. The molecule has 7 heteroatoms. The second-order valence-electron chi connectivity index (χ2n) is 9.91. The molecule has 1 aromatic rings. The van der Waals surface area contributed by atoms with E-state index >= 15 is 0 Å². The first-order chi connectivity index (χ1) is 14.9. The Bertz CT molecular complexity index is 762. The van der Waals surface area contributed by atoms with Crippen LogP contribution >= 0.6 is 0 Å². The fraction of sp³-hybridized carbons (Fsp3) is 0.667. The summed E-state index contributed by atoms with van der Waals surface area (Å²) < 4.78 is 0. The molecule has 0 spiro atoms. The van der Waals surface area contributed by atoms with Gasteiger partial charge in [-0.1, -0.05) is 49.6 Å². The van der Waals surface area contributed by atoms with Gasteiger partial charge < -0.3 is 20.4 Å². The molecule has 31 heavy (non-hydrogen) atoms. The fourth-order valence-corrected chi connectivity index (χ4v) is 5.42. The second kappa shape index (κ2) is 9.47. The van der Waals surface area contributed by atoms with Crippen LogP contribution in [0.25, 0.3) is 0 Å². The van der Waals surface area contributed by atoms with Gasteiger partial charge in [0.05, 0.1) is 0 Å². The minimum Gasteiger partial charge on any atom is -0.335 e. The van der Waals surface area contributed by atoms with Crippen molar-refractivity contribution in [3.05, 3.63) is 35.9 Å². The van der Waals surface area contributed by atoms with Crippen molar-refractivity contribution in [2.24, 2.45) is 0 Å². The predicted octanol–water partition coefficient (Wildman–Crippen LogP) is 3.02.